The molecule has 0 saturated heterocycles. The maximum absolute atomic E-state index is 12.6. The van der Waals surface area contributed by atoms with Crippen LogP contribution in [-0.4, -0.2) is 17.9 Å². The lowest BCUT2D eigenvalue weighted by molar-refractivity contribution is -0.122. The summed E-state index contributed by atoms with van der Waals surface area (Å²) in [5.41, 5.74) is 2.13. The van der Waals surface area contributed by atoms with E-state index in [-0.39, 0.29) is 11.8 Å². The first-order valence-corrected chi connectivity index (χ1v) is 9.48. The number of carbonyl (C=O) groups is 2. The Morgan fingerprint density at radius 2 is 1.93 bits per heavy atom. The molecule has 0 aliphatic carbocycles. The normalized spacial score (nSPS) is 15.5. The van der Waals surface area contributed by atoms with Crippen molar-refractivity contribution in [3.8, 4) is 16.2 Å². The molecule has 0 bridgehead atoms. The highest BCUT2D eigenvalue weighted by atomic mass is 35.5. The monoisotopic (exact) mass is 398 g/mol. The average Bonchev–Trinajstić information content (AvgIpc) is 3.14. The van der Waals surface area contributed by atoms with Gasteiger partial charge in [0.15, 0.2) is 6.10 Å². The third-order valence-corrected chi connectivity index (χ3v) is 5.51. The second-order valence-corrected chi connectivity index (χ2v) is 7.61. The van der Waals surface area contributed by atoms with E-state index in [0.717, 1.165) is 10.4 Å². The third kappa shape index (κ3) is 3.67. The molecule has 1 unspecified atom stereocenters. The molecule has 27 heavy (non-hydrogen) atoms. The van der Waals surface area contributed by atoms with Crippen molar-refractivity contribution in [2.45, 2.75) is 13.0 Å². The van der Waals surface area contributed by atoms with Gasteiger partial charge in [-0.25, -0.2) is 0 Å². The minimum Gasteiger partial charge on any atom is -0.479 e. The zero-order valence-corrected chi connectivity index (χ0v) is 15.9. The molecule has 7 heteroatoms. The van der Waals surface area contributed by atoms with Crippen LogP contribution in [0.3, 0.4) is 0 Å². The summed E-state index contributed by atoms with van der Waals surface area (Å²) < 4.78 is 5.52. The maximum Gasteiger partial charge on any atom is 0.265 e. The van der Waals surface area contributed by atoms with Crippen LogP contribution < -0.4 is 15.4 Å². The fourth-order valence-electron chi connectivity index (χ4n) is 2.71. The molecular formula is C20H15ClN2O3S. The van der Waals surface area contributed by atoms with Crippen LogP contribution in [0.25, 0.3) is 10.4 Å². The first kappa shape index (κ1) is 17.6. The molecule has 136 valence electrons. The number of hydrogen-bond acceptors (Lipinski definition) is 4. The van der Waals surface area contributed by atoms with Gasteiger partial charge in [0.1, 0.15) is 5.75 Å². The van der Waals surface area contributed by atoms with Gasteiger partial charge in [-0.1, -0.05) is 23.7 Å². The number of thiophene rings is 1. The van der Waals surface area contributed by atoms with Crippen LogP contribution in [0.5, 0.6) is 5.75 Å². The maximum atomic E-state index is 12.6. The van der Waals surface area contributed by atoms with Crippen LogP contribution in [0, 0.1) is 0 Å². The second-order valence-electron chi connectivity index (χ2n) is 6.09. The number of ether oxygens (including phenoxy) is 1. The smallest absolute Gasteiger partial charge is 0.265 e. The van der Waals surface area contributed by atoms with Gasteiger partial charge >= 0.3 is 0 Å². The Hall–Kier alpha value is -2.83. The Kier molecular flexibility index (Phi) is 4.59. The van der Waals surface area contributed by atoms with Gasteiger partial charge in [0.25, 0.3) is 11.8 Å². The Morgan fingerprint density at radius 1 is 1.15 bits per heavy atom. The molecule has 2 heterocycles. The number of anilines is 2. The van der Waals surface area contributed by atoms with Gasteiger partial charge in [-0.3, -0.25) is 9.59 Å². The summed E-state index contributed by atoms with van der Waals surface area (Å²) in [5, 5.41) is 6.29. The highest BCUT2D eigenvalue weighted by Gasteiger charge is 2.23. The number of carbonyl (C=O) groups excluding carboxylic acids is 2. The van der Waals surface area contributed by atoms with Crippen molar-refractivity contribution in [2.24, 2.45) is 0 Å². The van der Waals surface area contributed by atoms with Crippen LogP contribution in [0.2, 0.25) is 5.02 Å². The highest BCUT2D eigenvalue weighted by molar-refractivity contribution is 7.17. The number of halogens is 1. The molecule has 2 N–H and O–H groups in total. The Labute approximate surface area is 164 Å². The van der Waals surface area contributed by atoms with Gasteiger partial charge in [-0.15, -0.1) is 11.3 Å². The van der Waals surface area contributed by atoms with Crippen molar-refractivity contribution < 1.29 is 14.3 Å². The second kappa shape index (κ2) is 7.06. The van der Waals surface area contributed by atoms with E-state index < -0.39 is 6.10 Å². The number of amides is 2. The Bertz CT molecular complexity index is 1030. The van der Waals surface area contributed by atoms with Crippen molar-refractivity contribution in [1.82, 2.24) is 0 Å². The van der Waals surface area contributed by atoms with Crippen molar-refractivity contribution in [1.29, 1.82) is 0 Å². The summed E-state index contributed by atoms with van der Waals surface area (Å²) in [6.45, 7) is 1.68. The summed E-state index contributed by atoms with van der Waals surface area (Å²) in [5.74, 6) is 0.162. The molecule has 0 radical (unpaired) electrons. The van der Waals surface area contributed by atoms with E-state index in [2.05, 4.69) is 10.6 Å². The van der Waals surface area contributed by atoms with Crippen molar-refractivity contribution in [2.75, 3.05) is 10.6 Å². The van der Waals surface area contributed by atoms with Gasteiger partial charge in [-0.05, 0) is 55.0 Å². The minimum absolute atomic E-state index is 0.211. The molecule has 1 aliphatic heterocycles. The van der Waals surface area contributed by atoms with E-state index in [9.17, 15) is 9.59 Å². The van der Waals surface area contributed by atoms with E-state index in [1.165, 1.54) is 11.3 Å². The third-order valence-electron chi connectivity index (χ3n) is 4.13. The number of benzene rings is 2. The van der Waals surface area contributed by atoms with Crippen molar-refractivity contribution in [3.05, 3.63) is 64.5 Å². The summed E-state index contributed by atoms with van der Waals surface area (Å²) >= 11 is 7.32. The molecule has 1 aliphatic rings. The van der Waals surface area contributed by atoms with E-state index >= 15 is 0 Å². The summed E-state index contributed by atoms with van der Waals surface area (Å²) in [6, 6.07) is 16.3. The minimum atomic E-state index is -0.532. The highest BCUT2D eigenvalue weighted by Crippen LogP contribution is 2.33. The Balaban J connectivity index is 1.51. The zero-order chi connectivity index (χ0) is 19.0. The Morgan fingerprint density at radius 3 is 2.70 bits per heavy atom. The lowest BCUT2D eigenvalue weighted by Crippen LogP contribution is -2.34. The lowest BCUT2D eigenvalue weighted by atomic mass is 10.2. The van der Waals surface area contributed by atoms with E-state index in [1.54, 1.807) is 31.2 Å². The van der Waals surface area contributed by atoms with Gasteiger partial charge in [0, 0.05) is 15.6 Å². The van der Waals surface area contributed by atoms with Gasteiger partial charge in [-0.2, -0.15) is 0 Å². The fourth-order valence-corrected chi connectivity index (χ4v) is 3.74. The lowest BCUT2D eigenvalue weighted by Gasteiger charge is -2.23. The number of fused-ring (bicyclic) bond motifs is 1. The van der Waals surface area contributed by atoms with Crippen LogP contribution in [0.1, 0.15) is 16.6 Å². The zero-order valence-electron chi connectivity index (χ0n) is 14.3. The van der Waals surface area contributed by atoms with Crippen molar-refractivity contribution >= 4 is 46.1 Å². The number of nitrogens with one attached hydrogen (secondary N) is 2. The predicted octanol–water partition coefficient (Wildman–Crippen LogP) is 5.04. The molecule has 1 atom stereocenters. The van der Waals surface area contributed by atoms with E-state index in [1.807, 2.05) is 30.3 Å². The number of rotatable bonds is 3. The molecular weight excluding hydrogens is 384 g/mol. The van der Waals surface area contributed by atoms with Gasteiger partial charge in [0.05, 0.1) is 10.6 Å². The van der Waals surface area contributed by atoms with Crippen LogP contribution >= 0.6 is 22.9 Å². The fraction of sp³-hybridized carbons (Fsp3) is 0.100. The quantitative estimate of drug-likeness (QED) is 0.649. The van der Waals surface area contributed by atoms with Crippen LogP contribution in [-0.2, 0) is 4.79 Å². The molecule has 2 aromatic carbocycles. The van der Waals surface area contributed by atoms with Gasteiger partial charge in [0.2, 0.25) is 0 Å². The first-order chi connectivity index (χ1) is 13.0. The van der Waals surface area contributed by atoms with Crippen molar-refractivity contribution in [3.63, 3.8) is 0 Å². The van der Waals surface area contributed by atoms with E-state index in [4.69, 9.17) is 16.3 Å². The number of hydrogen-bond donors (Lipinski definition) is 2. The van der Waals surface area contributed by atoms with Gasteiger partial charge < -0.3 is 15.4 Å². The average molecular weight is 399 g/mol. The molecule has 5 nitrogen and oxygen atoms in total. The summed E-state index contributed by atoms with van der Waals surface area (Å²) in [4.78, 5) is 25.9. The largest absolute Gasteiger partial charge is 0.479 e. The molecule has 0 saturated carbocycles. The topological polar surface area (TPSA) is 67.4 Å². The van der Waals surface area contributed by atoms with Crippen LogP contribution in [0.15, 0.2) is 54.6 Å². The molecule has 0 fully saturated rings. The SMILES string of the molecule is CC1Oc2ccc(NC(=O)c3ccc(-c4ccc(Cl)cc4)s3)cc2NC1=O. The summed E-state index contributed by atoms with van der Waals surface area (Å²) in [7, 11) is 0. The molecule has 1 aromatic heterocycles. The molecule has 0 spiro atoms. The van der Waals surface area contributed by atoms with Crippen LogP contribution in [0.4, 0.5) is 11.4 Å². The predicted molar refractivity (Wildman–Crippen MR) is 108 cm³/mol. The first-order valence-electron chi connectivity index (χ1n) is 8.28. The summed E-state index contributed by atoms with van der Waals surface area (Å²) in [6.07, 6.45) is -0.532. The van der Waals surface area contributed by atoms with E-state index in [0.29, 0.717) is 27.0 Å². The molecule has 2 amide bonds. The molecule has 3 aromatic rings. The molecule has 4 rings (SSSR count). The standard InChI is InChI=1S/C20H15ClN2O3S/c1-11-19(24)23-15-10-14(6-7-16(15)26-11)22-20(25)18-9-8-17(27-18)12-2-4-13(21)5-3-12/h2-11H,1H3,(H,22,25)(H,23,24).